The summed E-state index contributed by atoms with van der Waals surface area (Å²) in [5.41, 5.74) is 6.01. The van der Waals surface area contributed by atoms with Crippen molar-refractivity contribution in [1.29, 1.82) is 0 Å². The molecule has 0 bridgehead atoms. The number of carbonyl (C=O) groups is 1. The monoisotopic (exact) mass is 202 g/mol. The summed E-state index contributed by atoms with van der Waals surface area (Å²) in [5.74, 6) is 0.967. The standard InChI is InChI=1S/C9H18N2OS/c1-2-3-4-8-9(10)7(5-13-8)11-6-12/h6-9H,2-5,10H2,1H3,(H,11,12). The third kappa shape index (κ3) is 2.88. The highest BCUT2D eigenvalue weighted by atomic mass is 32.2. The normalized spacial score (nSPS) is 33.2. The Kier molecular flexibility index (Phi) is 4.59. The summed E-state index contributed by atoms with van der Waals surface area (Å²) in [6.45, 7) is 2.19. The first kappa shape index (κ1) is 10.9. The number of thioether (sulfide) groups is 1. The Labute approximate surface area is 83.8 Å². The fourth-order valence-corrected chi connectivity index (χ4v) is 3.15. The third-order valence-corrected chi connectivity index (χ3v) is 4.04. The molecule has 1 aliphatic heterocycles. The van der Waals surface area contributed by atoms with E-state index in [2.05, 4.69) is 12.2 Å². The van der Waals surface area contributed by atoms with Crippen molar-refractivity contribution < 1.29 is 4.79 Å². The van der Waals surface area contributed by atoms with E-state index in [-0.39, 0.29) is 12.1 Å². The predicted molar refractivity (Wildman–Crippen MR) is 56.7 cm³/mol. The highest BCUT2D eigenvalue weighted by molar-refractivity contribution is 8.00. The molecule has 3 unspecified atom stereocenters. The molecule has 3 N–H and O–H groups in total. The van der Waals surface area contributed by atoms with Crippen molar-refractivity contribution in [2.45, 2.75) is 43.5 Å². The topological polar surface area (TPSA) is 55.1 Å². The van der Waals surface area contributed by atoms with Crippen molar-refractivity contribution in [2.24, 2.45) is 5.73 Å². The van der Waals surface area contributed by atoms with Crippen LogP contribution >= 0.6 is 11.8 Å². The van der Waals surface area contributed by atoms with Gasteiger partial charge in [-0.2, -0.15) is 11.8 Å². The van der Waals surface area contributed by atoms with Gasteiger partial charge in [0.25, 0.3) is 0 Å². The molecule has 13 heavy (non-hydrogen) atoms. The molecule has 1 aliphatic rings. The Morgan fingerprint density at radius 2 is 2.46 bits per heavy atom. The molecule has 1 amide bonds. The molecule has 1 heterocycles. The molecule has 0 aromatic carbocycles. The Balaban J connectivity index is 2.31. The molecular formula is C9H18N2OS. The average molecular weight is 202 g/mol. The van der Waals surface area contributed by atoms with Crippen LogP contribution in [0.2, 0.25) is 0 Å². The van der Waals surface area contributed by atoms with Gasteiger partial charge in [-0.05, 0) is 6.42 Å². The van der Waals surface area contributed by atoms with Crippen molar-refractivity contribution in [3.05, 3.63) is 0 Å². The number of hydrogen-bond donors (Lipinski definition) is 2. The maximum Gasteiger partial charge on any atom is 0.207 e. The van der Waals surface area contributed by atoms with E-state index in [0.717, 1.165) is 12.2 Å². The van der Waals surface area contributed by atoms with Crippen LogP contribution in [-0.2, 0) is 4.79 Å². The SMILES string of the molecule is CCCCC1SCC(NC=O)C1N. The van der Waals surface area contributed by atoms with Gasteiger partial charge in [-0.15, -0.1) is 0 Å². The summed E-state index contributed by atoms with van der Waals surface area (Å²) in [7, 11) is 0. The largest absolute Gasteiger partial charge is 0.354 e. The number of unbranched alkanes of at least 4 members (excludes halogenated alkanes) is 1. The molecule has 0 radical (unpaired) electrons. The molecule has 3 atom stereocenters. The Bertz CT molecular complexity index is 166. The lowest BCUT2D eigenvalue weighted by atomic mass is 10.0. The molecule has 1 rings (SSSR count). The van der Waals surface area contributed by atoms with E-state index in [1.165, 1.54) is 19.3 Å². The Morgan fingerprint density at radius 1 is 1.69 bits per heavy atom. The number of nitrogens with two attached hydrogens (primary N) is 1. The van der Waals surface area contributed by atoms with Gasteiger partial charge in [-0.3, -0.25) is 4.79 Å². The average Bonchev–Trinajstić information content (AvgIpc) is 2.46. The molecule has 0 spiro atoms. The number of amides is 1. The van der Waals surface area contributed by atoms with Crippen molar-refractivity contribution in [3.63, 3.8) is 0 Å². The summed E-state index contributed by atoms with van der Waals surface area (Å²) >= 11 is 1.89. The minimum atomic E-state index is 0.141. The summed E-state index contributed by atoms with van der Waals surface area (Å²) < 4.78 is 0. The van der Waals surface area contributed by atoms with Crippen LogP contribution in [0.25, 0.3) is 0 Å². The second-order valence-electron chi connectivity index (χ2n) is 3.48. The van der Waals surface area contributed by atoms with E-state index in [9.17, 15) is 4.79 Å². The molecule has 76 valence electrons. The number of nitrogens with one attached hydrogen (secondary N) is 1. The molecular weight excluding hydrogens is 184 g/mol. The highest BCUT2D eigenvalue weighted by Gasteiger charge is 2.32. The van der Waals surface area contributed by atoms with Crippen LogP contribution in [0.3, 0.4) is 0 Å². The Morgan fingerprint density at radius 3 is 3.08 bits per heavy atom. The van der Waals surface area contributed by atoms with Gasteiger partial charge >= 0.3 is 0 Å². The van der Waals surface area contributed by atoms with E-state index >= 15 is 0 Å². The maximum absolute atomic E-state index is 10.3. The summed E-state index contributed by atoms with van der Waals surface area (Å²) in [5, 5.41) is 3.31. The third-order valence-electron chi connectivity index (χ3n) is 2.51. The molecule has 0 aromatic rings. The molecule has 0 aliphatic carbocycles. The molecule has 4 heteroatoms. The van der Waals surface area contributed by atoms with Gasteiger partial charge in [-0.1, -0.05) is 19.8 Å². The quantitative estimate of drug-likeness (QED) is 0.646. The van der Waals surface area contributed by atoms with Crippen LogP contribution in [0.4, 0.5) is 0 Å². The Hall–Kier alpha value is -0.220. The number of hydrogen-bond acceptors (Lipinski definition) is 3. The van der Waals surface area contributed by atoms with E-state index in [4.69, 9.17) is 5.73 Å². The lowest BCUT2D eigenvalue weighted by Crippen LogP contribution is -2.46. The van der Waals surface area contributed by atoms with Crippen molar-refractivity contribution in [3.8, 4) is 0 Å². The smallest absolute Gasteiger partial charge is 0.207 e. The van der Waals surface area contributed by atoms with Gasteiger partial charge in [0.15, 0.2) is 0 Å². The van der Waals surface area contributed by atoms with E-state index in [1.807, 2.05) is 11.8 Å². The molecule has 0 aromatic heterocycles. The van der Waals surface area contributed by atoms with Gasteiger partial charge in [-0.25, -0.2) is 0 Å². The summed E-state index contributed by atoms with van der Waals surface area (Å²) in [4.78, 5) is 10.3. The fraction of sp³-hybridized carbons (Fsp3) is 0.889. The van der Waals surface area contributed by atoms with Gasteiger partial charge in [0.05, 0.1) is 6.04 Å². The van der Waals surface area contributed by atoms with Crippen LogP contribution in [0.5, 0.6) is 0 Å². The van der Waals surface area contributed by atoms with Gasteiger partial charge in [0.1, 0.15) is 0 Å². The first-order chi connectivity index (χ1) is 6.29. The molecule has 3 nitrogen and oxygen atoms in total. The van der Waals surface area contributed by atoms with Crippen molar-refractivity contribution >= 4 is 18.2 Å². The molecule has 1 fully saturated rings. The minimum absolute atomic E-state index is 0.141. The van der Waals surface area contributed by atoms with E-state index in [0.29, 0.717) is 5.25 Å². The zero-order chi connectivity index (χ0) is 9.68. The van der Waals surface area contributed by atoms with Crippen molar-refractivity contribution in [1.82, 2.24) is 5.32 Å². The van der Waals surface area contributed by atoms with Crippen LogP contribution in [0.1, 0.15) is 26.2 Å². The highest BCUT2D eigenvalue weighted by Crippen LogP contribution is 2.29. The van der Waals surface area contributed by atoms with Crippen LogP contribution < -0.4 is 11.1 Å². The first-order valence-electron chi connectivity index (χ1n) is 4.86. The second-order valence-corrected chi connectivity index (χ2v) is 4.75. The van der Waals surface area contributed by atoms with E-state index in [1.54, 1.807) is 0 Å². The molecule has 1 saturated heterocycles. The summed E-state index contributed by atoms with van der Waals surface area (Å²) in [6, 6.07) is 0.325. The zero-order valence-electron chi connectivity index (χ0n) is 8.03. The number of rotatable bonds is 5. The number of carbonyl (C=O) groups excluding carboxylic acids is 1. The lowest BCUT2D eigenvalue weighted by Gasteiger charge is -2.18. The minimum Gasteiger partial charge on any atom is -0.354 e. The van der Waals surface area contributed by atoms with Gasteiger partial charge in [0.2, 0.25) is 6.41 Å². The van der Waals surface area contributed by atoms with E-state index < -0.39 is 0 Å². The first-order valence-corrected chi connectivity index (χ1v) is 5.91. The zero-order valence-corrected chi connectivity index (χ0v) is 8.85. The lowest BCUT2D eigenvalue weighted by molar-refractivity contribution is -0.110. The second kappa shape index (κ2) is 5.50. The van der Waals surface area contributed by atoms with Crippen LogP contribution in [-0.4, -0.2) is 29.5 Å². The van der Waals surface area contributed by atoms with Crippen molar-refractivity contribution in [2.75, 3.05) is 5.75 Å². The summed E-state index contributed by atoms with van der Waals surface area (Å²) in [6.07, 6.45) is 4.39. The van der Waals surface area contributed by atoms with Gasteiger partial charge < -0.3 is 11.1 Å². The fourth-order valence-electron chi connectivity index (χ4n) is 1.64. The van der Waals surface area contributed by atoms with Crippen LogP contribution in [0.15, 0.2) is 0 Å². The maximum atomic E-state index is 10.3. The molecule has 0 saturated carbocycles. The predicted octanol–water partition coefficient (Wildman–Crippen LogP) is 0.734. The van der Waals surface area contributed by atoms with Gasteiger partial charge in [0, 0.05) is 17.0 Å². The van der Waals surface area contributed by atoms with Crippen LogP contribution in [0, 0.1) is 0 Å².